The van der Waals surface area contributed by atoms with E-state index in [0.717, 1.165) is 18.7 Å². The van der Waals surface area contributed by atoms with E-state index < -0.39 is 11.6 Å². The SMILES string of the molecule is CCNC(CO)CCSc1cc(F)ccc1F. The minimum absolute atomic E-state index is 0.0177. The van der Waals surface area contributed by atoms with Gasteiger partial charge in [0.25, 0.3) is 0 Å². The first-order valence-electron chi connectivity index (χ1n) is 5.59. The highest BCUT2D eigenvalue weighted by Gasteiger charge is 2.08. The maximum absolute atomic E-state index is 13.3. The predicted molar refractivity (Wildman–Crippen MR) is 66.2 cm³/mol. The van der Waals surface area contributed by atoms with Gasteiger partial charge in [-0.3, -0.25) is 0 Å². The van der Waals surface area contributed by atoms with Crippen molar-refractivity contribution in [2.45, 2.75) is 24.3 Å². The van der Waals surface area contributed by atoms with Crippen LogP contribution in [0.1, 0.15) is 13.3 Å². The van der Waals surface area contributed by atoms with Gasteiger partial charge in [-0.05, 0) is 36.9 Å². The summed E-state index contributed by atoms with van der Waals surface area (Å²) in [5, 5.41) is 12.2. The molecule has 2 nitrogen and oxygen atoms in total. The lowest BCUT2D eigenvalue weighted by Gasteiger charge is -2.14. The summed E-state index contributed by atoms with van der Waals surface area (Å²) in [6.07, 6.45) is 0.713. The summed E-state index contributed by atoms with van der Waals surface area (Å²) in [6.45, 7) is 2.80. The second-order valence-corrected chi connectivity index (χ2v) is 4.79. The van der Waals surface area contributed by atoms with E-state index in [0.29, 0.717) is 17.1 Å². The highest BCUT2D eigenvalue weighted by atomic mass is 32.2. The van der Waals surface area contributed by atoms with Crippen LogP contribution in [0.4, 0.5) is 8.78 Å². The van der Waals surface area contributed by atoms with Crippen LogP contribution < -0.4 is 5.32 Å². The van der Waals surface area contributed by atoms with Gasteiger partial charge in [0, 0.05) is 10.9 Å². The molecular formula is C12H17F2NOS. The number of nitrogens with one attached hydrogen (secondary N) is 1. The molecular weight excluding hydrogens is 244 g/mol. The van der Waals surface area contributed by atoms with Gasteiger partial charge in [0.05, 0.1) is 6.61 Å². The van der Waals surface area contributed by atoms with E-state index in [-0.39, 0.29) is 12.6 Å². The molecule has 1 rings (SSSR count). The fraction of sp³-hybridized carbons (Fsp3) is 0.500. The standard InChI is InChI=1S/C12H17F2NOS/c1-2-15-10(8-16)5-6-17-12-7-9(13)3-4-11(12)14/h3-4,7,10,15-16H,2,5-6,8H2,1H3. The zero-order valence-electron chi connectivity index (χ0n) is 9.75. The highest BCUT2D eigenvalue weighted by molar-refractivity contribution is 7.99. The van der Waals surface area contributed by atoms with Gasteiger partial charge in [0.1, 0.15) is 11.6 Å². The zero-order chi connectivity index (χ0) is 12.7. The van der Waals surface area contributed by atoms with Gasteiger partial charge in [-0.25, -0.2) is 8.78 Å². The molecule has 0 amide bonds. The van der Waals surface area contributed by atoms with Crippen molar-refractivity contribution in [3.63, 3.8) is 0 Å². The third-order valence-corrected chi connectivity index (χ3v) is 3.39. The van der Waals surface area contributed by atoms with E-state index in [4.69, 9.17) is 5.11 Å². The van der Waals surface area contributed by atoms with Gasteiger partial charge in [-0.15, -0.1) is 11.8 Å². The van der Waals surface area contributed by atoms with Crippen LogP contribution in [0.2, 0.25) is 0 Å². The molecule has 0 saturated carbocycles. The first-order chi connectivity index (χ1) is 8.17. The summed E-state index contributed by atoms with van der Waals surface area (Å²) in [5.74, 6) is -0.196. The molecule has 0 aliphatic heterocycles. The monoisotopic (exact) mass is 261 g/mol. The van der Waals surface area contributed by atoms with Crippen LogP contribution in [-0.4, -0.2) is 30.1 Å². The maximum Gasteiger partial charge on any atom is 0.136 e. The Morgan fingerprint density at radius 1 is 1.41 bits per heavy atom. The first-order valence-corrected chi connectivity index (χ1v) is 6.58. The highest BCUT2D eigenvalue weighted by Crippen LogP contribution is 2.23. The molecule has 0 aromatic heterocycles. The fourth-order valence-corrected chi connectivity index (χ4v) is 2.47. The van der Waals surface area contributed by atoms with Crippen molar-refractivity contribution in [3.05, 3.63) is 29.8 Å². The second kappa shape index (κ2) is 7.63. The number of benzene rings is 1. The minimum atomic E-state index is -0.431. The summed E-state index contributed by atoms with van der Waals surface area (Å²) in [6, 6.07) is 3.45. The number of likely N-dealkylation sites (N-methyl/N-ethyl adjacent to an activating group) is 1. The molecule has 0 radical (unpaired) electrons. The molecule has 17 heavy (non-hydrogen) atoms. The number of rotatable bonds is 7. The molecule has 0 aliphatic carbocycles. The molecule has 96 valence electrons. The zero-order valence-corrected chi connectivity index (χ0v) is 10.6. The molecule has 1 aromatic carbocycles. The van der Waals surface area contributed by atoms with Gasteiger partial charge >= 0.3 is 0 Å². The molecule has 0 aliphatic rings. The largest absolute Gasteiger partial charge is 0.395 e. The van der Waals surface area contributed by atoms with E-state index in [1.165, 1.54) is 17.8 Å². The first kappa shape index (κ1) is 14.4. The summed E-state index contributed by atoms with van der Waals surface area (Å²) in [5.41, 5.74) is 0. The molecule has 0 bridgehead atoms. The van der Waals surface area contributed by atoms with Gasteiger partial charge in [0.2, 0.25) is 0 Å². The summed E-state index contributed by atoms with van der Waals surface area (Å²) in [4.78, 5) is 0.318. The molecule has 1 unspecified atom stereocenters. The van der Waals surface area contributed by atoms with Gasteiger partial charge in [0.15, 0.2) is 0 Å². The van der Waals surface area contributed by atoms with Crippen LogP contribution in [0.25, 0.3) is 0 Å². The Hall–Kier alpha value is -0.650. The van der Waals surface area contributed by atoms with Crippen molar-refractivity contribution in [3.8, 4) is 0 Å². The number of thioether (sulfide) groups is 1. The number of halogens is 2. The average Bonchev–Trinajstić information content (AvgIpc) is 2.32. The lowest BCUT2D eigenvalue weighted by molar-refractivity contribution is 0.242. The van der Waals surface area contributed by atoms with Crippen molar-refractivity contribution in [2.75, 3.05) is 18.9 Å². The Morgan fingerprint density at radius 2 is 2.18 bits per heavy atom. The predicted octanol–water partition coefficient (Wildman–Crippen LogP) is 2.42. The molecule has 1 aromatic rings. The molecule has 5 heteroatoms. The molecule has 0 saturated heterocycles. The summed E-state index contributed by atoms with van der Waals surface area (Å²) >= 11 is 1.26. The maximum atomic E-state index is 13.3. The fourth-order valence-electron chi connectivity index (χ4n) is 1.45. The molecule has 0 spiro atoms. The van der Waals surface area contributed by atoms with Crippen LogP contribution in [0.15, 0.2) is 23.1 Å². The van der Waals surface area contributed by atoms with Crippen LogP contribution in [0.5, 0.6) is 0 Å². The average molecular weight is 261 g/mol. The van der Waals surface area contributed by atoms with E-state index in [1.807, 2.05) is 6.92 Å². The van der Waals surface area contributed by atoms with E-state index in [2.05, 4.69) is 5.32 Å². The minimum Gasteiger partial charge on any atom is -0.395 e. The summed E-state index contributed by atoms with van der Waals surface area (Å²) in [7, 11) is 0. The Balaban J connectivity index is 2.42. The van der Waals surface area contributed by atoms with Crippen LogP contribution in [-0.2, 0) is 0 Å². The third kappa shape index (κ3) is 5.02. The lowest BCUT2D eigenvalue weighted by atomic mass is 10.2. The quantitative estimate of drug-likeness (QED) is 0.739. The number of aliphatic hydroxyl groups excluding tert-OH is 1. The van der Waals surface area contributed by atoms with Gasteiger partial charge in [-0.1, -0.05) is 6.92 Å². The Bertz CT molecular complexity index is 349. The van der Waals surface area contributed by atoms with Crippen LogP contribution >= 0.6 is 11.8 Å². The van der Waals surface area contributed by atoms with Gasteiger partial charge < -0.3 is 10.4 Å². The number of aliphatic hydroxyl groups is 1. The van der Waals surface area contributed by atoms with Crippen molar-refractivity contribution in [1.29, 1.82) is 0 Å². The number of hydrogen-bond donors (Lipinski definition) is 2. The van der Waals surface area contributed by atoms with E-state index >= 15 is 0 Å². The van der Waals surface area contributed by atoms with E-state index in [1.54, 1.807) is 0 Å². The van der Waals surface area contributed by atoms with Gasteiger partial charge in [-0.2, -0.15) is 0 Å². The summed E-state index contributed by atoms with van der Waals surface area (Å²) < 4.78 is 26.2. The van der Waals surface area contributed by atoms with Crippen LogP contribution in [0.3, 0.4) is 0 Å². The van der Waals surface area contributed by atoms with Crippen LogP contribution in [0, 0.1) is 11.6 Å². The second-order valence-electron chi connectivity index (χ2n) is 3.65. The Labute approximate surface area is 104 Å². The van der Waals surface area contributed by atoms with Crippen molar-refractivity contribution >= 4 is 11.8 Å². The van der Waals surface area contributed by atoms with E-state index in [9.17, 15) is 8.78 Å². The normalized spacial score (nSPS) is 12.7. The topological polar surface area (TPSA) is 32.3 Å². The Kier molecular flexibility index (Phi) is 6.47. The Morgan fingerprint density at radius 3 is 2.82 bits per heavy atom. The molecule has 1 atom stereocenters. The molecule has 2 N–H and O–H groups in total. The smallest absolute Gasteiger partial charge is 0.136 e. The van der Waals surface area contributed by atoms with Crippen molar-refractivity contribution in [2.24, 2.45) is 0 Å². The van der Waals surface area contributed by atoms with Crippen molar-refractivity contribution < 1.29 is 13.9 Å². The molecule has 0 heterocycles. The molecule has 0 fully saturated rings. The van der Waals surface area contributed by atoms with Crippen molar-refractivity contribution in [1.82, 2.24) is 5.32 Å². The lowest BCUT2D eigenvalue weighted by Crippen LogP contribution is -2.32. The number of hydrogen-bond acceptors (Lipinski definition) is 3. The third-order valence-electron chi connectivity index (χ3n) is 2.33.